The number of carboxylic acids is 1. The van der Waals surface area contributed by atoms with E-state index in [0.29, 0.717) is 6.42 Å². The van der Waals surface area contributed by atoms with E-state index in [1.54, 1.807) is 24.3 Å². The van der Waals surface area contributed by atoms with Crippen molar-refractivity contribution in [3.05, 3.63) is 34.8 Å². The standard InChI is InChI=1S/C13H14N2O3S/c1-8-11(6-7-12(17)18)19-13(14-8)15-9-2-4-10(16)5-3-9/h2-5,16H,6-7H2,1H3,(H,14,15)(H,17,18). The Bertz CT molecular complexity index is 578. The van der Waals surface area contributed by atoms with Crippen LogP contribution in [-0.4, -0.2) is 21.2 Å². The van der Waals surface area contributed by atoms with Crippen LogP contribution in [0.5, 0.6) is 5.75 Å². The first kappa shape index (κ1) is 13.4. The highest BCUT2D eigenvalue weighted by Gasteiger charge is 2.09. The van der Waals surface area contributed by atoms with Crippen molar-refractivity contribution in [3.63, 3.8) is 0 Å². The number of hydrogen-bond donors (Lipinski definition) is 3. The molecule has 0 bridgehead atoms. The molecule has 2 aromatic rings. The van der Waals surface area contributed by atoms with Crippen molar-refractivity contribution in [1.29, 1.82) is 0 Å². The maximum atomic E-state index is 10.6. The molecule has 0 aliphatic rings. The molecule has 5 nitrogen and oxygen atoms in total. The van der Waals surface area contributed by atoms with Crippen LogP contribution in [0, 0.1) is 6.92 Å². The number of phenols is 1. The third-order valence-electron chi connectivity index (χ3n) is 2.58. The largest absolute Gasteiger partial charge is 0.508 e. The number of carboxylic acid groups (broad SMARTS) is 1. The molecule has 100 valence electrons. The number of carbonyl (C=O) groups is 1. The molecular weight excluding hydrogens is 264 g/mol. The summed E-state index contributed by atoms with van der Waals surface area (Å²) in [6, 6.07) is 6.69. The average Bonchev–Trinajstić information content (AvgIpc) is 2.70. The summed E-state index contributed by atoms with van der Waals surface area (Å²) < 4.78 is 0. The van der Waals surface area contributed by atoms with Gasteiger partial charge in [0, 0.05) is 10.6 Å². The summed E-state index contributed by atoms with van der Waals surface area (Å²) in [6.45, 7) is 1.87. The van der Waals surface area contributed by atoms with E-state index in [1.807, 2.05) is 6.92 Å². The highest BCUT2D eigenvalue weighted by atomic mass is 32.1. The molecule has 0 radical (unpaired) electrons. The van der Waals surface area contributed by atoms with E-state index in [0.717, 1.165) is 21.4 Å². The Hall–Kier alpha value is -2.08. The van der Waals surface area contributed by atoms with Crippen LogP contribution in [0.2, 0.25) is 0 Å². The van der Waals surface area contributed by atoms with Gasteiger partial charge in [0.25, 0.3) is 0 Å². The van der Waals surface area contributed by atoms with Gasteiger partial charge in [-0.15, -0.1) is 11.3 Å². The van der Waals surface area contributed by atoms with Gasteiger partial charge in [-0.25, -0.2) is 4.98 Å². The molecular formula is C13H14N2O3S. The van der Waals surface area contributed by atoms with Crippen molar-refractivity contribution in [2.24, 2.45) is 0 Å². The molecule has 0 saturated heterocycles. The van der Waals surface area contributed by atoms with Crippen molar-refractivity contribution in [2.75, 3.05) is 5.32 Å². The molecule has 0 unspecified atom stereocenters. The zero-order valence-corrected chi connectivity index (χ0v) is 11.2. The Kier molecular flexibility index (Phi) is 4.01. The summed E-state index contributed by atoms with van der Waals surface area (Å²) in [5.74, 6) is -0.594. The molecule has 0 atom stereocenters. The number of aromatic hydroxyl groups is 1. The molecule has 0 aliphatic heterocycles. The van der Waals surface area contributed by atoms with E-state index >= 15 is 0 Å². The molecule has 19 heavy (non-hydrogen) atoms. The van der Waals surface area contributed by atoms with Gasteiger partial charge in [0.2, 0.25) is 0 Å². The summed E-state index contributed by atoms with van der Waals surface area (Å²) in [4.78, 5) is 15.9. The average molecular weight is 278 g/mol. The van der Waals surface area contributed by atoms with Gasteiger partial charge in [0.15, 0.2) is 5.13 Å². The summed E-state index contributed by atoms with van der Waals surface area (Å²) in [5.41, 5.74) is 1.68. The summed E-state index contributed by atoms with van der Waals surface area (Å²) >= 11 is 1.45. The zero-order chi connectivity index (χ0) is 13.8. The van der Waals surface area contributed by atoms with E-state index in [2.05, 4.69) is 10.3 Å². The Morgan fingerprint density at radius 3 is 2.68 bits per heavy atom. The SMILES string of the molecule is Cc1nc(Nc2ccc(O)cc2)sc1CCC(=O)O. The Morgan fingerprint density at radius 1 is 1.37 bits per heavy atom. The maximum absolute atomic E-state index is 10.6. The van der Waals surface area contributed by atoms with E-state index in [1.165, 1.54) is 11.3 Å². The number of aryl methyl sites for hydroxylation is 2. The van der Waals surface area contributed by atoms with Crippen LogP contribution < -0.4 is 5.32 Å². The lowest BCUT2D eigenvalue weighted by molar-refractivity contribution is -0.136. The predicted molar refractivity (Wildman–Crippen MR) is 74.2 cm³/mol. The second-order valence-electron chi connectivity index (χ2n) is 4.09. The van der Waals surface area contributed by atoms with Crippen molar-refractivity contribution < 1.29 is 15.0 Å². The van der Waals surface area contributed by atoms with Crippen LogP contribution in [0.25, 0.3) is 0 Å². The molecule has 0 saturated carbocycles. The minimum Gasteiger partial charge on any atom is -0.508 e. The molecule has 0 aliphatic carbocycles. The lowest BCUT2D eigenvalue weighted by Gasteiger charge is -2.01. The van der Waals surface area contributed by atoms with E-state index in [4.69, 9.17) is 5.11 Å². The van der Waals surface area contributed by atoms with E-state index < -0.39 is 5.97 Å². The fraction of sp³-hybridized carbons (Fsp3) is 0.231. The Labute approximate surface area is 114 Å². The van der Waals surface area contributed by atoms with Crippen LogP contribution in [-0.2, 0) is 11.2 Å². The quantitative estimate of drug-likeness (QED) is 0.732. The number of nitrogens with one attached hydrogen (secondary N) is 1. The highest BCUT2D eigenvalue weighted by Crippen LogP contribution is 2.27. The number of aliphatic carboxylic acids is 1. The van der Waals surface area contributed by atoms with Crippen LogP contribution in [0.15, 0.2) is 24.3 Å². The first-order valence-electron chi connectivity index (χ1n) is 5.79. The number of phenolic OH excluding ortho intramolecular Hbond substituents is 1. The zero-order valence-electron chi connectivity index (χ0n) is 10.4. The van der Waals surface area contributed by atoms with Gasteiger partial charge < -0.3 is 15.5 Å². The molecule has 6 heteroatoms. The Balaban J connectivity index is 2.07. The normalized spacial score (nSPS) is 10.4. The van der Waals surface area contributed by atoms with Crippen LogP contribution in [0.3, 0.4) is 0 Å². The van der Waals surface area contributed by atoms with E-state index in [-0.39, 0.29) is 12.2 Å². The summed E-state index contributed by atoms with van der Waals surface area (Å²) in [5, 5.41) is 21.7. The number of rotatable bonds is 5. The van der Waals surface area contributed by atoms with Gasteiger partial charge in [-0.3, -0.25) is 4.79 Å². The van der Waals surface area contributed by atoms with Crippen molar-refractivity contribution >= 4 is 28.1 Å². The molecule has 0 spiro atoms. The summed E-state index contributed by atoms with van der Waals surface area (Å²) in [7, 11) is 0. The molecule has 0 amide bonds. The fourth-order valence-corrected chi connectivity index (χ4v) is 2.58. The topological polar surface area (TPSA) is 82.5 Å². The first-order chi connectivity index (χ1) is 9.04. The minimum atomic E-state index is -0.805. The molecule has 1 aromatic carbocycles. The van der Waals surface area contributed by atoms with Crippen molar-refractivity contribution in [1.82, 2.24) is 4.98 Å². The van der Waals surface area contributed by atoms with Gasteiger partial charge >= 0.3 is 5.97 Å². The second kappa shape index (κ2) is 5.71. The highest BCUT2D eigenvalue weighted by molar-refractivity contribution is 7.15. The van der Waals surface area contributed by atoms with Crippen molar-refractivity contribution in [2.45, 2.75) is 19.8 Å². The molecule has 2 rings (SSSR count). The van der Waals surface area contributed by atoms with Crippen LogP contribution in [0.1, 0.15) is 17.0 Å². The number of benzene rings is 1. The van der Waals surface area contributed by atoms with Crippen LogP contribution in [0.4, 0.5) is 10.8 Å². The molecule has 1 heterocycles. The fourth-order valence-electron chi connectivity index (χ4n) is 1.60. The third kappa shape index (κ3) is 3.69. The lowest BCUT2D eigenvalue weighted by atomic mass is 10.2. The number of anilines is 2. The second-order valence-corrected chi connectivity index (χ2v) is 5.18. The number of thiazole rings is 1. The van der Waals surface area contributed by atoms with Gasteiger partial charge in [-0.05, 0) is 37.6 Å². The van der Waals surface area contributed by atoms with Gasteiger partial charge in [0.1, 0.15) is 5.75 Å². The number of nitrogens with zero attached hydrogens (tertiary/aromatic N) is 1. The molecule has 0 fully saturated rings. The smallest absolute Gasteiger partial charge is 0.303 e. The monoisotopic (exact) mass is 278 g/mol. The Morgan fingerprint density at radius 2 is 2.05 bits per heavy atom. The first-order valence-corrected chi connectivity index (χ1v) is 6.60. The van der Waals surface area contributed by atoms with Crippen molar-refractivity contribution in [3.8, 4) is 5.75 Å². The minimum absolute atomic E-state index is 0.113. The summed E-state index contributed by atoms with van der Waals surface area (Å²) in [6.07, 6.45) is 0.609. The molecule has 1 aromatic heterocycles. The number of hydrogen-bond acceptors (Lipinski definition) is 5. The lowest BCUT2D eigenvalue weighted by Crippen LogP contribution is -1.96. The van der Waals surface area contributed by atoms with Gasteiger partial charge in [-0.1, -0.05) is 0 Å². The van der Waals surface area contributed by atoms with Gasteiger partial charge in [-0.2, -0.15) is 0 Å². The third-order valence-corrected chi connectivity index (χ3v) is 3.71. The predicted octanol–water partition coefficient (Wildman–Crippen LogP) is 2.92. The maximum Gasteiger partial charge on any atom is 0.303 e. The van der Waals surface area contributed by atoms with Crippen LogP contribution >= 0.6 is 11.3 Å². The van der Waals surface area contributed by atoms with Gasteiger partial charge in [0.05, 0.1) is 12.1 Å². The molecule has 3 N–H and O–H groups in total. The number of aromatic nitrogens is 1. The van der Waals surface area contributed by atoms with E-state index in [9.17, 15) is 9.90 Å².